The highest BCUT2D eigenvalue weighted by molar-refractivity contribution is 5.74. The van der Waals surface area contributed by atoms with Gasteiger partial charge >= 0.3 is 0 Å². The second kappa shape index (κ2) is 37.6. The van der Waals surface area contributed by atoms with Crippen LogP contribution >= 0.6 is 0 Å². The Labute approximate surface area is 600 Å². The average molecular weight is 1550 g/mol. The van der Waals surface area contributed by atoms with Gasteiger partial charge in [0.1, 0.15) is 207 Å². The summed E-state index contributed by atoms with van der Waals surface area (Å²) >= 11 is 0. The normalized spacial score (nSPS) is 50.4. The van der Waals surface area contributed by atoms with E-state index in [9.17, 15) is 137 Å². The summed E-state index contributed by atoms with van der Waals surface area (Å²) in [5, 5.41) is 271. The quantitative estimate of drug-likeness (QED) is 0.0382. The summed E-state index contributed by atoms with van der Waals surface area (Å²) < 4.78 is 101. The fourth-order valence-electron chi connectivity index (χ4n) is 13.7. The van der Waals surface area contributed by atoms with Crippen LogP contribution in [0.2, 0.25) is 0 Å². The number of amides is 3. The largest absolute Gasteiger partial charge is 0.394 e. The number of hydrogen-bond donors (Lipinski definition) is 27. The maximum Gasteiger partial charge on any atom is 0.217 e. The molecule has 9 saturated heterocycles. The summed E-state index contributed by atoms with van der Waals surface area (Å²) in [5.74, 6) is -2.68. The summed E-state index contributed by atoms with van der Waals surface area (Å²) in [6.45, 7) is -4.19. The molecule has 9 aliphatic heterocycles. The molecule has 0 spiro atoms. The molecule has 9 heterocycles. The van der Waals surface area contributed by atoms with Gasteiger partial charge in [-0.05, 0) is 6.92 Å². The predicted molar refractivity (Wildman–Crippen MR) is 324 cm³/mol. The van der Waals surface area contributed by atoms with Gasteiger partial charge in [0.2, 0.25) is 17.7 Å². The number of carbonyl (C=O) groups is 3. The van der Waals surface area contributed by atoms with Crippen LogP contribution < -0.4 is 16.0 Å². The summed E-state index contributed by atoms with van der Waals surface area (Å²) in [4.78, 5) is 38.7. The molecule has 1 unspecified atom stereocenters. The number of carbonyl (C=O) groups excluding carboxylic acids is 3. The van der Waals surface area contributed by atoms with Gasteiger partial charge in [0.05, 0.1) is 59.0 Å². The van der Waals surface area contributed by atoms with Crippen molar-refractivity contribution in [3.63, 3.8) is 0 Å². The number of nitrogens with one attached hydrogen (secondary N) is 3. The molecular formula is C59H99N3O44. The molecule has 9 fully saturated rings. The van der Waals surface area contributed by atoms with Gasteiger partial charge in [-0.1, -0.05) is 0 Å². The van der Waals surface area contributed by atoms with E-state index >= 15 is 0 Å². The van der Waals surface area contributed by atoms with Crippen LogP contribution in [0, 0.1) is 0 Å². The lowest BCUT2D eigenvalue weighted by molar-refractivity contribution is -0.405. The highest BCUT2D eigenvalue weighted by Crippen LogP contribution is 2.40. The Morgan fingerprint density at radius 1 is 0.302 bits per heavy atom. The monoisotopic (exact) mass is 1550 g/mol. The minimum atomic E-state index is -2.41. The van der Waals surface area contributed by atoms with Crippen LogP contribution in [0.3, 0.4) is 0 Å². The van der Waals surface area contributed by atoms with Crippen molar-refractivity contribution in [2.75, 3.05) is 52.9 Å². The SMILES string of the molecule is CC(=O)N[C@H]1[C@H](O[C@H]2[C@H](O[C@@H]3O[C@@H](C)[C@@H](O)[C@@H](O)[C@@H]3O)[C@@H](NC(C)=O)C(O)O[C@@H]2CO)O[C@H](CO)[C@@H](O[C@@H]2O[C@H](CO[C@H]3O[C@H](CO)[C@@H](O[C@@H]4O[C@H](CO)[C@@H](O)[C@H](O[C@@H]5O[C@H](CO)[C@H](O)[C@H](O)[C@H]5O)[C@H]4NC(C)=O)[C@H](O)[C@@H]3O)[C@@H](O)[C@H](O[C@H]3O[C@H](CO)[C@@H](O)[C@H](O)[C@@H]3O)[C@@H]2O[C@@H]2OC[C@@H](O)[C@H](O)[C@H]2O)[C@@H]1O. The first-order valence-corrected chi connectivity index (χ1v) is 33.9. The smallest absolute Gasteiger partial charge is 0.217 e. The van der Waals surface area contributed by atoms with Crippen LogP contribution in [0.1, 0.15) is 27.7 Å². The molecule has 614 valence electrons. The van der Waals surface area contributed by atoms with Crippen molar-refractivity contribution in [2.45, 2.75) is 298 Å². The van der Waals surface area contributed by atoms with Crippen LogP contribution in [0.15, 0.2) is 0 Å². The summed E-state index contributed by atoms with van der Waals surface area (Å²) in [5.41, 5.74) is 0. The lowest BCUT2D eigenvalue weighted by Crippen LogP contribution is -2.71. The zero-order chi connectivity index (χ0) is 77.9. The molecule has 0 radical (unpaired) electrons. The maximum atomic E-state index is 13.2. The van der Waals surface area contributed by atoms with E-state index < -0.39 is 341 Å². The van der Waals surface area contributed by atoms with Crippen molar-refractivity contribution in [3.05, 3.63) is 0 Å². The predicted octanol–water partition coefficient (Wildman–Crippen LogP) is -18.5. The van der Waals surface area contributed by atoms with Crippen molar-refractivity contribution in [3.8, 4) is 0 Å². The number of aliphatic hydroxyl groups excluding tert-OH is 24. The molecule has 0 bridgehead atoms. The molecule has 3 amide bonds. The average Bonchev–Trinajstić information content (AvgIpc) is 0.771. The van der Waals surface area contributed by atoms with Crippen LogP contribution in [0.5, 0.6) is 0 Å². The van der Waals surface area contributed by atoms with E-state index in [4.69, 9.17) is 80.5 Å². The molecule has 27 N–H and O–H groups in total. The lowest BCUT2D eigenvalue weighted by atomic mass is 9.93. The first-order valence-electron chi connectivity index (χ1n) is 33.9. The highest BCUT2D eigenvalue weighted by atomic mass is 16.8. The van der Waals surface area contributed by atoms with E-state index in [1.807, 2.05) is 0 Å². The molecule has 0 aliphatic carbocycles. The van der Waals surface area contributed by atoms with Gasteiger partial charge in [-0.25, -0.2) is 0 Å². The Bertz CT molecular complexity index is 2760. The van der Waals surface area contributed by atoms with Crippen molar-refractivity contribution in [1.29, 1.82) is 0 Å². The summed E-state index contributed by atoms with van der Waals surface area (Å²) in [6.07, 6.45) is -83.0. The molecule has 0 aromatic rings. The van der Waals surface area contributed by atoms with E-state index in [0.29, 0.717) is 0 Å². The Morgan fingerprint density at radius 2 is 0.670 bits per heavy atom. The zero-order valence-electron chi connectivity index (χ0n) is 57.0. The first kappa shape index (κ1) is 86.7. The molecule has 9 rings (SSSR count). The van der Waals surface area contributed by atoms with Crippen molar-refractivity contribution < 1.29 is 217 Å². The Hall–Kier alpha value is -3.23. The van der Waals surface area contributed by atoms with E-state index in [-0.39, 0.29) is 0 Å². The Balaban J connectivity index is 1.03. The van der Waals surface area contributed by atoms with Crippen LogP contribution in [-0.2, 0) is 94.9 Å². The Kier molecular flexibility index (Phi) is 30.8. The third kappa shape index (κ3) is 18.8. The molecule has 0 aromatic heterocycles. The van der Waals surface area contributed by atoms with Gasteiger partial charge in [-0.15, -0.1) is 0 Å². The second-order valence-corrected chi connectivity index (χ2v) is 27.0. The first-order chi connectivity index (χ1) is 50.1. The van der Waals surface area contributed by atoms with Crippen molar-refractivity contribution in [1.82, 2.24) is 16.0 Å². The number of rotatable bonds is 26. The summed E-state index contributed by atoms with van der Waals surface area (Å²) in [6, 6.07) is -5.50. The van der Waals surface area contributed by atoms with Gasteiger partial charge in [0, 0.05) is 20.8 Å². The molecule has 47 nitrogen and oxygen atoms in total. The van der Waals surface area contributed by atoms with Gasteiger partial charge in [0.15, 0.2) is 56.6 Å². The minimum absolute atomic E-state index is 0.786. The molecular weight excluding hydrogens is 1450 g/mol. The molecule has 0 saturated carbocycles. The van der Waals surface area contributed by atoms with E-state index in [2.05, 4.69) is 16.0 Å². The lowest BCUT2D eigenvalue weighted by Gasteiger charge is -2.52. The van der Waals surface area contributed by atoms with E-state index in [1.54, 1.807) is 0 Å². The van der Waals surface area contributed by atoms with Crippen molar-refractivity contribution in [2.24, 2.45) is 0 Å². The molecule has 0 aromatic carbocycles. The van der Waals surface area contributed by atoms with Gasteiger partial charge in [-0.3, -0.25) is 14.4 Å². The molecule has 106 heavy (non-hydrogen) atoms. The topological polar surface area (TPSA) is 730 Å². The third-order valence-corrected chi connectivity index (χ3v) is 19.5. The molecule has 47 heteroatoms. The minimum Gasteiger partial charge on any atom is -0.394 e. The van der Waals surface area contributed by atoms with Gasteiger partial charge in [0.25, 0.3) is 0 Å². The van der Waals surface area contributed by atoms with Crippen LogP contribution in [0.4, 0.5) is 0 Å². The second-order valence-electron chi connectivity index (χ2n) is 27.0. The number of aliphatic hydroxyl groups is 24. The van der Waals surface area contributed by atoms with Crippen LogP contribution in [-0.4, -0.2) is 463 Å². The standard InChI is InChI=1S/C59H99N3O44/c1-13-28(73)35(80)40(85)56(92-13)104-48-26(61-15(3)70)51(89)93-23(10-68)46(48)102-52-25(60-14(2)69)34(79)44(21(8-66)97-52)101-59-50(106-55-39(84)29(74)17(72)11-90-55)49(105-58-42(87)37(82)31(76)19(6-64)96-58)33(78)24(99-59)12-91-54-43(88)38(83)45(22(9-67)98-54)100-53-27(62-16(4)71)47(32(77)20(7-65)94-53)103-57-41(86)36(81)30(75)18(5-63)95-57/h13,17-59,63-68,72-89H,5-12H2,1-4H3,(H,60,69)(H,61,70)(H,62,71)/t13-,17+,18+,19+,20+,21+,22+,23+,24+,25+,26+,27+,28+,29-,30-,31+,32+,33+,34+,35+,36-,37-,38+,39+,40-,41+,42-,43-,44+,45+,46+,47+,48+,49-,50-,51?,52-,53-,54-,55-,56-,57-,58+,59-/m0/s1. The molecule has 9 aliphatic rings. The fraction of sp³-hybridized carbons (Fsp3) is 0.949. The maximum absolute atomic E-state index is 13.2. The molecule has 44 atom stereocenters. The number of ether oxygens (including phenoxy) is 17. The number of hydrogen-bond acceptors (Lipinski definition) is 44. The zero-order valence-corrected chi connectivity index (χ0v) is 57.0. The van der Waals surface area contributed by atoms with E-state index in [1.165, 1.54) is 6.92 Å². The van der Waals surface area contributed by atoms with Gasteiger partial charge < -0.3 is 219 Å². The van der Waals surface area contributed by atoms with Gasteiger partial charge in [-0.2, -0.15) is 0 Å². The highest BCUT2D eigenvalue weighted by Gasteiger charge is 2.61. The van der Waals surface area contributed by atoms with Crippen LogP contribution in [0.25, 0.3) is 0 Å². The third-order valence-electron chi connectivity index (χ3n) is 19.5. The fourth-order valence-corrected chi connectivity index (χ4v) is 13.7. The van der Waals surface area contributed by atoms with Crippen molar-refractivity contribution >= 4 is 17.7 Å². The van der Waals surface area contributed by atoms with E-state index in [0.717, 1.165) is 20.8 Å². The Morgan fingerprint density at radius 3 is 1.22 bits per heavy atom. The summed E-state index contributed by atoms with van der Waals surface area (Å²) in [7, 11) is 0.